The Hall–Kier alpha value is -2.44. The Morgan fingerprint density at radius 1 is 1.29 bits per heavy atom. The molecule has 12 heteroatoms. The summed E-state index contributed by atoms with van der Waals surface area (Å²) in [4.78, 5) is 26.5. The first-order valence-corrected chi connectivity index (χ1v) is 11.6. The molecule has 7 N–H and O–H groups in total. The first kappa shape index (κ1) is 21.8. The Bertz CT molecular complexity index is 889. The number of amidine groups is 2. The van der Waals surface area contributed by atoms with Crippen LogP contribution >= 0.6 is 11.8 Å². The predicted octanol–water partition coefficient (Wildman–Crippen LogP) is 0.0690. The lowest BCUT2D eigenvalue weighted by Gasteiger charge is -2.35. The molecular formula is C19H29N9O2S. The Morgan fingerprint density at radius 2 is 2.10 bits per heavy atom. The van der Waals surface area contributed by atoms with Crippen LogP contribution in [-0.2, 0) is 11.2 Å². The van der Waals surface area contributed by atoms with Crippen LogP contribution in [0.3, 0.4) is 0 Å². The van der Waals surface area contributed by atoms with E-state index in [0.29, 0.717) is 18.0 Å². The highest BCUT2D eigenvalue weighted by Crippen LogP contribution is 2.28. The Morgan fingerprint density at radius 3 is 2.81 bits per heavy atom. The van der Waals surface area contributed by atoms with Crippen molar-refractivity contribution in [2.75, 3.05) is 25.4 Å². The number of nitrogens with one attached hydrogen (secondary N) is 2. The number of hydrogen-bond acceptors (Lipinski definition) is 10. The average Bonchev–Trinajstić information content (AvgIpc) is 3.36. The second kappa shape index (κ2) is 9.79. The highest BCUT2D eigenvalue weighted by Gasteiger charge is 2.27. The maximum absolute atomic E-state index is 10.9. The number of aromatic nitrogens is 2. The van der Waals surface area contributed by atoms with E-state index >= 15 is 0 Å². The first-order chi connectivity index (χ1) is 15.0. The molecule has 168 valence electrons. The summed E-state index contributed by atoms with van der Waals surface area (Å²) in [6.07, 6.45) is 2.74. The van der Waals surface area contributed by atoms with Gasteiger partial charge in [0.05, 0.1) is 18.5 Å². The van der Waals surface area contributed by atoms with Gasteiger partial charge in [-0.15, -0.1) is 11.8 Å². The molecule has 4 rings (SSSR count). The molecular weight excluding hydrogens is 418 g/mol. The van der Waals surface area contributed by atoms with Crippen LogP contribution in [-0.4, -0.2) is 80.7 Å². The lowest BCUT2D eigenvalue weighted by Crippen LogP contribution is -2.44. The minimum absolute atomic E-state index is 0.0574. The number of hydrogen-bond donors (Lipinski definition) is 5. The molecule has 3 aliphatic rings. The smallest absolute Gasteiger partial charge is 0.309 e. The number of carbonyl (C=O) groups is 1. The zero-order valence-corrected chi connectivity index (χ0v) is 18.1. The molecule has 0 aliphatic carbocycles. The van der Waals surface area contributed by atoms with Gasteiger partial charge in [-0.1, -0.05) is 0 Å². The van der Waals surface area contributed by atoms with E-state index in [1.807, 2.05) is 6.07 Å². The summed E-state index contributed by atoms with van der Waals surface area (Å²) in [7, 11) is 0. The van der Waals surface area contributed by atoms with Crippen LogP contribution in [0.1, 0.15) is 43.0 Å². The largest absolute Gasteiger partial charge is 0.481 e. The molecule has 0 radical (unpaired) electrons. The number of aliphatic imine (C=N–C) groups is 3. The number of aromatic amines is 1. The van der Waals surface area contributed by atoms with Crippen molar-refractivity contribution in [2.45, 2.75) is 49.8 Å². The van der Waals surface area contributed by atoms with E-state index in [4.69, 9.17) is 16.6 Å². The zero-order chi connectivity index (χ0) is 21.8. The molecule has 31 heavy (non-hydrogen) atoms. The third-order valence-corrected chi connectivity index (χ3v) is 6.60. The predicted molar refractivity (Wildman–Crippen MR) is 121 cm³/mol. The van der Waals surface area contributed by atoms with E-state index in [1.54, 1.807) is 11.8 Å². The number of piperidine rings is 1. The van der Waals surface area contributed by atoms with Crippen LogP contribution in [0.5, 0.6) is 0 Å². The molecule has 0 aromatic carbocycles. The normalized spacial score (nSPS) is 24.6. The van der Waals surface area contributed by atoms with Crippen molar-refractivity contribution in [3.05, 3.63) is 17.5 Å². The van der Waals surface area contributed by atoms with Gasteiger partial charge in [-0.25, -0.2) is 9.98 Å². The molecule has 0 spiro atoms. The van der Waals surface area contributed by atoms with Crippen LogP contribution in [0.15, 0.2) is 21.0 Å². The lowest BCUT2D eigenvalue weighted by atomic mass is 9.93. The van der Waals surface area contributed by atoms with Gasteiger partial charge < -0.3 is 21.1 Å². The average molecular weight is 448 g/mol. The Kier molecular flexibility index (Phi) is 6.88. The summed E-state index contributed by atoms with van der Waals surface area (Å²) in [6, 6.07) is 1.87. The maximum Gasteiger partial charge on any atom is 0.309 e. The summed E-state index contributed by atoms with van der Waals surface area (Å²) >= 11 is 1.65. The highest BCUT2D eigenvalue weighted by molar-refractivity contribution is 8.00. The van der Waals surface area contributed by atoms with Crippen molar-refractivity contribution in [3.8, 4) is 0 Å². The third-order valence-electron chi connectivity index (χ3n) is 5.65. The minimum atomic E-state index is -0.871. The molecule has 0 bridgehead atoms. The van der Waals surface area contributed by atoms with Gasteiger partial charge in [0.1, 0.15) is 17.2 Å². The van der Waals surface area contributed by atoms with Crippen molar-refractivity contribution in [3.63, 3.8) is 0 Å². The Balaban J connectivity index is 1.26. The number of carboxylic acid groups (broad SMARTS) is 1. The van der Waals surface area contributed by atoms with Gasteiger partial charge in [0.25, 0.3) is 0 Å². The van der Waals surface area contributed by atoms with Crippen LogP contribution in [0.25, 0.3) is 0 Å². The topological polar surface area (TPSA) is 170 Å². The molecule has 1 aromatic heterocycles. The van der Waals surface area contributed by atoms with E-state index in [1.165, 1.54) is 0 Å². The molecule has 1 fully saturated rings. The fourth-order valence-electron chi connectivity index (χ4n) is 4.09. The maximum atomic E-state index is 10.9. The second-order valence-corrected chi connectivity index (χ2v) is 9.04. The fourth-order valence-corrected chi connectivity index (χ4v) is 4.90. The fraction of sp³-hybridized carbons (Fsp3) is 0.632. The number of thioether (sulfide) groups is 1. The third kappa shape index (κ3) is 5.83. The standard InChI is InChI=1S/C19H29N9O2S/c20-18-24-15(22-4-1-12-10-31-19(21)23-12)9-16(25-18)28-5-2-11(3-6-28)14-7-13(26-27-14)8-17(29)30/h7,11,18-19H,1-6,8-10,20-21H2,(H,22,24)(H,26,27)(H,29,30). The molecule has 1 aromatic rings. The zero-order valence-electron chi connectivity index (χ0n) is 17.3. The van der Waals surface area contributed by atoms with Crippen molar-refractivity contribution in [1.29, 1.82) is 0 Å². The number of carboxylic acids is 1. The number of H-pyrrole nitrogens is 1. The molecule has 2 unspecified atom stereocenters. The molecule has 1 saturated heterocycles. The molecule has 4 heterocycles. The summed E-state index contributed by atoms with van der Waals surface area (Å²) in [5.74, 6) is 2.19. The van der Waals surface area contributed by atoms with Crippen molar-refractivity contribution in [1.82, 2.24) is 20.4 Å². The number of nitrogens with two attached hydrogens (primary N) is 2. The first-order valence-electron chi connectivity index (χ1n) is 10.5. The molecule has 0 saturated carbocycles. The lowest BCUT2D eigenvalue weighted by molar-refractivity contribution is -0.136. The summed E-state index contributed by atoms with van der Waals surface area (Å²) in [6.45, 7) is 2.48. The van der Waals surface area contributed by atoms with Crippen LogP contribution in [0.2, 0.25) is 0 Å². The molecule has 2 atom stereocenters. The van der Waals surface area contributed by atoms with E-state index in [-0.39, 0.29) is 11.9 Å². The molecule has 11 nitrogen and oxygen atoms in total. The van der Waals surface area contributed by atoms with Gasteiger partial charge in [-0.3, -0.25) is 20.6 Å². The number of likely N-dealkylation sites (tertiary alicyclic amines) is 1. The van der Waals surface area contributed by atoms with Gasteiger partial charge >= 0.3 is 5.97 Å². The SMILES string of the molecule is NC1N=C(NCCC2=NC(N)SC2)CC(N2CCC(c3cc(CC(=O)O)n[nH]3)CC2)=N1. The summed E-state index contributed by atoms with van der Waals surface area (Å²) < 4.78 is 0. The van der Waals surface area contributed by atoms with E-state index in [9.17, 15) is 4.79 Å². The monoisotopic (exact) mass is 447 g/mol. The van der Waals surface area contributed by atoms with E-state index in [0.717, 1.165) is 67.7 Å². The quantitative estimate of drug-likeness (QED) is 0.408. The second-order valence-electron chi connectivity index (χ2n) is 7.93. The Labute approximate surface area is 184 Å². The van der Waals surface area contributed by atoms with Gasteiger partial charge in [-0.05, 0) is 18.9 Å². The molecule has 0 amide bonds. The number of nitrogens with zero attached hydrogens (tertiary/aromatic N) is 5. The van der Waals surface area contributed by atoms with Crippen LogP contribution < -0.4 is 16.8 Å². The van der Waals surface area contributed by atoms with Crippen LogP contribution in [0, 0.1) is 0 Å². The van der Waals surface area contributed by atoms with Crippen molar-refractivity contribution in [2.24, 2.45) is 26.4 Å². The van der Waals surface area contributed by atoms with Gasteiger partial charge in [-0.2, -0.15) is 5.10 Å². The van der Waals surface area contributed by atoms with Gasteiger partial charge in [0.15, 0.2) is 6.29 Å². The molecule has 3 aliphatic heterocycles. The van der Waals surface area contributed by atoms with Crippen LogP contribution in [0.4, 0.5) is 0 Å². The van der Waals surface area contributed by atoms with Gasteiger partial charge in [0, 0.05) is 49.1 Å². The number of rotatable bonds is 6. The van der Waals surface area contributed by atoms with Crippen molar-refractivity contribution < 1.29 is 9.90 Å². The summed E-state index contributed by atoms with van der Waals surface area (Å²) in [5.41, 5.74) is 14.4. The number of aliphatic carboxylic acids is 1. The van der Waals surface area contributed by atoms with E-state index in [2.05, 4.69) is 35.4 Å². The van der Waals surface area contributed by atoms with E-state index < -0.39 is 12.3 Å². The summed E-state index contributed by atoms with van der Waals surface area (Å²) in [5, 5.41) is 19.4. The minimum Gasteiger partial charge on any atom is -0.481 e. The highest BCUT2D eigenvalue weighted by atomic mass is 32.2. The van der Waals surface area contributed by atoms with Gasteiger partial charge in [0.2, 0.25) is 0 Å². The van der Waals surface area contributed by atoms with Crippen molar-refractivity contribution >= 4 is 35.1 Å².